The maximum atomic E-state index is 4.81. The molecule has 0 bridgehead atoms. The first-order chi connectivity index (χ1) is 12.3. The van der Waals surface area contributed by atoms with Crippen molar-refractivity contribution in [3.63, 3.8) is 0 Å². The zero-order valence-corrected chi connectivity index (χ0v) is 16.9. The van der Waals surface area contributed by atoms with Gasteiger partial charge in [-0.3, -0.25) is 9.97 Å². The largest absolute Gasteiger partial charge is 2.00 e. The Kier molecular flexibility index (Phi) is 8.07. The van der Waals surface area contributed by atoms with Crippen molar-refractivity contribution in [3.05, 3.63) is 97.3 Å². The van der Waals surface area contributed by atoms with Gasteiger partial charge in [0.2, 0.25) is 0 Å². The van der Waals surface area contributed by atoms with E-state index in [0.29, 0.717) is 0 Å². The van der Waals surface area contributed by atoms with Gasteiger partial charge in [-0.05, 0) is 36.4 Å². The summed E-state index contributed by atoms with van der Waals surface area (Å²) in [4.78, 5) is 14.1. The third-order valence-electron chi connectivity index (χ3n) is 3.35. The number of hydrogen-bond donors (Lipinski definition) is 0. The van der Waals surface area contributed by atoms with Gasteiger partial charge in [-0.15, -0.1) is 0 Å². The summed E-state index contributed by atoms with van der Waals surface area (Å²) < 4.78 is 0. The van der Waals surface area contributed by atoms with Crippen molar-refractivity contribution < 1.29 is 21.1 Å². The Balaban J connectivity index is 0.000000258. The first kappa shape index (κ1) is 19.9. The molecule has 26 heavy (non-hydrogen) atoms. The van der Waals surface area contributed by atoms with E-state index < -0.39 is 0 Å². The molecule has 5 heteroatoms. The van der Waals surface area contributed by atoms with Crippen molar-refractivity contribution in [2.24, 2.45) is 0 Å². The van der Waals surface area contributed by atoms with Crippen LogP contribution in [-0.2, 0) is 33.7 Å². The molecule has 0 aliphatic rings. The van der Waals surface area contributed by atoms with E-state index in [1.165, 1.54) is 0 Å². The molecule has 0 saturated carbocycles. The van der Waals surface area contributed by atoms with Crippen LogP contribution in [-0.4, -0.2) is 15.0 Å². The minimum atomic E-state index is 0. The molecule has 0 atom stereocenters. The van der Waals surface area contributed by atoms with E-state index in [2.05, 4.69) is 15.0 Å². The molecule has 0 fully saturated rings. The number of aromatic nitrogens is 3. The summed E-state index contributed by atoms with van der Waals surface area (Å²) in [6, 6.07) is 27.1. The molecule has 0 aliphatic carbocycles. The van der Waals surface area contributed by atoms with Crippen molar-refractivity contribution in [1.82, 2.24) is 15.0 Å². The SMILES string of the molecule is [Pt+2].[S-]c1ccccc1.c1ccc(-c2cccc(-c3ccccn3)n2)nc1. The Bertz CT molecular complexity index is 849. The topological polar surface area (TPSA) is 38.7 Å². The normalized spacial score (nSPS) is 9.38. The summed E-state index contributed by atoms with van der Waals surface area (Å²) in [7, 11) is 0. The average molecular weight is 538 g/mol. The number of benzene rings is 1. The van der Waals surface area contributed by atoms with Crippen LogP contribution in [0, 0.1) is 0 Å². The fourth-order valence-electron chi connectivity index (χ4n) is 2.17. The van der Waals surface area contributed by atoms with E-state index in [1.807, 2.05) is 84.9 Å². The van der Waals surface area contributed by atoms with Gasteiger partial charge >= 0.3 is 21.1 Å². The van der Waals surface area contributed by atoms with Crippen molar-refractivity contribution in [2.45, 2.75) is 4.90 Å². The molecule has 3 aromatic heterocycles. The standard InChI is InChI=1S/C15H11N3.C6H6S.Pt/c1-3-10-16-12(6-1)14-8-5-9-15(18-14)13-7-2-4-11-17-13;7-6-4-2-1-3-5-6;/h1-11H;1-5,7H;/q;;+2/p-1. The second-order valence-electron chi connectivity index (χ2n) is 5.15. The molecule has 3 nitrogen and oxygen atoms in total. The second kappa shape index (κ2) is 10.5. The zero-order valence-electron chi connectivity index (χ0n) is 13.8. The van der Waals surface area contributed by atoms with Gasteiger partial charge < -0.3 is 12.6 Å². The summed E-state index contributed by atoms with van der Waals surface area (Å²) in [6.45, 7) is 0. The van der Waals surface area contributed by atoms with Crippen LogP contribution < -0.4 is 0 Å². The molecular weight excluding hydrogens is 521 g/mol. The van der Waals surface area contributed by atoms with Crippen LogP contribution in [0.15, 0.2) is 102 Å². The molecule has 0 unspecified atom stereocenters. The van der Waals surface area contributed by atoms with Crippen molar-refractivity contribution in [3.8, 4) is 22.8 Å². The number of nitrogens with zero attached hydrogens (tertiary/aromatic N) is 3. The molecule has 4 aromatic rings. The van der Waals surface area contributed by atoms with Crippen LogP contribution in [0.1, 0.15) is 0 Å². The Morgan fingerprint density at radius 3 is 1.35 bits per heavy atom. The molecule has 1 aromatic carbocycles. The second-order valence-corrected chi connectivity index (χ2v) is 5.62. The van der Waals surface area contributed by atoms with Gasteiger partial charge in [-0.2, -0.15) is 4.90 Å². The molecule has 0 saturated heterocycles. The molecule has 0 spiro atoms. The predicted molar refractivity (Wildman–Crippen MR) is 103 cm³/mol. The van der Waals surface area contributed by atoms with Crippen LogP contribution in [0.25, 0.3) is 22.8 Å². The monoisotopic (exact) mass is 537 g/mol. The summed E-state index contributed by atoms with van der Waals surface area (Å²) >= 11 is 4.81. The Hall–Kier alpha value is -2.42. The van der Waals surface area contributed by atoms with E-state index in [0.717, 1.165) is 27.7 Å². The molecule has 0 amide bonds. The third kappa shape index (κ3) is 5.83. The van der Waals surface area contributed by atoms with Gasteiger partial charge in [0.05, 0.1) is 22.8 Å². The van der Waals surface area contributed by atoms with Gasteiger partial charge in [0.15, 0.2) is 0 Å². The minimum Gasteiger partial charge on any atom is -0.780 e. The third-order valence-corrected chi connectivity index (χ3v) is 3.62. The Morgan fingerprint density at radius 1 is 0.500 bits per heavy atom. The Morgan fingerprint density at radius 2 is 0.962 bits per heavy atom. The van der Waals surface area contributed by atoms with Crippen LogP contribution >= 0.6 is 0 Å². The number of rotatable bonds is 2. The molecule has 0 radical (unpaired) electrons. The maximum absolute atomic E-state index is 4.81. The molecule has 130 valence electrons. The van der Waals surface area contributed by atoms with Crippen LogP contribution in [0.5, 0.6) is 0 Å². The fourth-order valence-corrected chi connectivity index (χ4v) is 2.33. The molecule has 0 aliphatic heterocycles. The van der Waals surface area contributed by atoms with E-state index in [9.17, 15) is 0 Å². The average Bonchev–Trinajstić information content (AvgIpc) is 2.71. The first-order valence-corrected chi connectivity index (χ1v) is 8.26. The maximum Gasteiger partial charge on any atom is 2.00 e. The number of hydrogen-bond acceptors (Lipinski definition) is 4. The molecule has 0 N–H and O–H groups in total. The summed E-state index contributed by atoms with van der Waals surface area (Å²) in [5, 5.41) is 0. The minimum absolute atomic E-state index is 0. The van der Waals surface area contributed by atoms with Gasteiger partial charge in [0.25, 0.3) is 0 Å². The fraction of sp³-hybridized carbons (Fsp3) is 0. The van der Waals surface area contributed by atoms with Crippen LogP contribution in [0.2, 0.25) is 0 Å². The first-order valence-electron chi connectivity index (χ1n) is 7.85. The van der Waals surface area contributed by atoms with Gasteiger partial charge in [-0.25, -0.2) is 4.98 Å². The summed E-state index contributed by atoms with van der Waals surface area (Å²) in [6.07, 6.45) is 3.54. The van der Waals surface area contributed by atoms with Gasteiger partial charge in [0.1, 0.15) is 0 Å². The van der Waals surface area contributed by atoms with Crippen molar-refractivity contribution >= 4 is 12.6 Å². The quantitative estimate of drug-likeness (QED) is 0.345. The predicted octanol–water partition coefficient (Wildman–Crippen LogP) is 4.80. The summed E-state index contributed by atoms with van der Waals surface area (Å²) in [5.41, 5.74) is 3.46. The van der Waals surface area contributed by atoms with E-state index >= 15 is 0 Å². The van der Waals surface area contributed by atoms with Gasteiger partial charge in [0, 0.05) is 12.4 Å². The Labute approximate surface area is 173 Å². The smallest absolute Gasteiger partial charge is 0.780 e. The van der Waals surface area contributed by atoms with Crippen LogP contribution in [0.3, 0.4) is 0 Å². The molecular formula is C21H16N3PtS+. The van der Waals surface area contributed by atoms with E-state index in [4.69, 9.17) is 12.6 Å². The molecule has 3 heterocycles. The zero-order chi connectivity index (χ0) is 17.3. The van der Waals surface area contributed by atoms with E-state index in [1.54, 1.807) is 12.4 Å². The summed E-state index contributed by atoms with van der Waals surface area (Å²) in [5.74, 6) is 0. The van der Waals surface area contributed by atoms with Crippen LogP contribution in [0.4, 0.5) is 0 Å². The van der Waals surface area contributed by atoms with Crippen molar-refractivity contribution in [1.29, 1.82) is 0 Å². The molecule has 4 rings (SSSR count). The van der Waals surface area contributed by atoms with E-state index in [-0.39, 0.29) is 21.1 Å². The van der Waals surface area contributed by atoms with Gasteiger partial charge in [-0.1, -0.05) is 48.5 Å². The number of pyridine rings is 3. The van der Waals surface area contributed by atoms with Crippen molar-refractivity contribution in [2.75, 3.05) is 0 Å².